The Balaban J connectivity index is 1.26. The number of hydrogen-bond acceptors (Lipinski definition) is 5. The van der Waals surface area contributed by atoms with Crippen molar-refractivity contribution in [1.82, 2.24) is 29.9 Å². The lowest BCUT2D eigenvalue weighted by atomic mass is 10.2. The second-order valence-corrected chi connectivity index (χ2v) is 6.87. The van der Waals surface area contributed by atoms with Crippen LogP contribution in [0.5, 0.6) is 0 Å². The summed E-state index contributed by atoms with van der Waals surface area (Å²) in [7, 11) is 0. The Morgan fingerprint density at radius 2 is 1.77 bits per heavy atom. The van der Waals surface area contributed by atoms with E-state index < -0.39 is 0 Å². The first kappa shape index (κ1) is 18.9. The van der Waals surface area contributed by atoms with Gasteiger partial charge in [-0.05, 0) is 32.2 Å². The molecule has 0 bridgehead atoms. The van der Waals surface area contributed by atoms with Crippen molar-refractivity contribution in [3.05, 3.63) is 16.3 Å². The van der Waals surface area contributed by atoms with Crippen molar-refractivity contribution in [2.75, 3.05) is 45.9 Å². The highest BCUT2D eigenvalue weighted by atomic mass is 16.5. The molecule has 0 saturated carbocycles. The van der Waals surface area contributed by atoms with Crippen molar-refractivity contribution in [3.8, 4) is 0 Å². The first-order chi connectivity index (χ1) is 12.7. The average Bonchev–Trinajstić information content (AvgIpc) is 2.99. The Morgan fingerprint density at radius 3 is 2.50 bits per heavy atom. The number of carbonyl (C=O) groups is 1. The number of amides is 2. The lowest BCUT2D eigenvalue weighted by Gasteiger charge is -2.26. The summed E-state index contributed by atoms with van der Waals surface area (Å²) in [6, 6.07) is -0.150. The minimum Gasteiger partial charge on any atom is -0.379 e. The zero-order valence-electron chi connectivity index (χ0n) is 15.4. The smallest absolute Gasteiger partial charge is 0.345 e. The van der Waals surface area contributed by atoms with Gasteiger partial charge in [0, 0.05) is 45.7 Å². The molecule has 0 radical (unpaired) electrons. The molecule has 2 aliphatic heterocycles. The normalized spacial score (nSPS) is 17.7. The Kier molecular flexibility index (Phi) is 7.07. The molecule has 0 aliphatic carbocycles. The van der Waals surface area contributed by atoms with E-state index >= 15 is 0 Å². The lowest BCUT2D eigenvalue weighted by Crippen LogP contribution is -2.40. The maximum absolute atomic E-state index is 12.2. The van der Waals surface area contributed by atoms with Crippen LogP contribution in [0, 0.1) is 0 Å². The average molecular weight is 366 g/mol. The third-order valence-corrected chi connectivity index (χ3v) is 4.90. The summed E-state index contributed by atoms with van der Waals surface area (Å²) in [6.07, 6.45) is 4.66. The molecule has 3 rings (SSSR count). The fourth-order valence-corrected chi connectivity index (χ4v) is 3.42. The molecule has 1 aromatic heterocycles. The van der Waals surface area contributed by atoms with Crippen molar-refractivity contribution >= 4 is 6.03 Å². The number of fused-ring (bicyclic) bond motifs is 1. The van der Waals surface area contributed by atoms with E-state index in [2.05, 4.69) is 20.6 Å². The quantitative estimate of drug-likeness (QED) is 0.621. The van der Waals surface area contributed by atoms with Gasteiger partial charge in [-0.15, -0.1) is 0 Å². The summed E-state index contributed by atoms with van der Waals surface area (Å²) in [5.74, 6) is 0.896. The van der Waals surface area contributed by atoms with Crippen LogP contribution in [0.25, 0.3) is 0 Å². The number of aromatic nitrogens is 3. The number of aryl methyl sites for hydroxylation is 2. The predicted octanol–water partition coefficient (Wildman–Crippen LogP) is -0.207. The third-order valence-electron chi connectivity index (χ3n) is 4.90. The van der Waals surface area contributed by atoms with Crippen molar-refractivity contribution in [1.29, 1.82) is 0 Å². The molecule has 0 spiro atoms. The van der Waals surface area contributed by atoms with Crippen LogP contribution in [0.2, 0.25) is 0 Å². The molecule has 1 saturated heterocycles. The van der Waals surface area contributed by atoms with Crippen LogP contribution >= 0.6 is 0 Å². The van der Waals surface area contributed by atoms with Gasteiger partial charge in [0.1, 0.15) is 5.82 Å². The molecule has 2 N–H and O–H groups in total. The molecule has 26 heavy (non-hydrogen) atoms. The van der Waals surface area contributed by atoms with E-state index in [1.165, 1.54) is 4.68 Å². The molecule has 9 nitrogen and oxygen atoms in total. The van der Waals surface area contributed by atoms with Gasteiger partial charge in [0.05, 0.1) is 13.2 Å². The molecule has 2 amide bonds. The van der Waals surface area contributed by atoms with Gasteiger partial charge < -0.3 is 15.4 Å². The van der Waals surface area contributed by atoms with E-state index in [1.54, 1.807) is 4.57 Å². The highest BCUT2D eigenvalue weighted by Crippen LogP contribution is 2.09. The number of rotatable bonds is 8. The first-order valence-corrected chi connectivity index (χ1v) is 9.72. The summed E-state index contributed by atoms with van der Waals surface area (Å²) < 4.78 is 8.62. The zero-order valence-corrected chi connectivity index (χ0v) is 15.4. The largest absolute Gasteiger partial charge is 0.379 e. The topological polar surface area (TPSA) is 93.4 Å². The van der Waals surface area contributed by atoms with Gasteiger partial charge in [0.25, 0.3) is 0 Å². The number of hydrogen-bond donors (Lipinski definition) is 2. The number of nitrogens with one attached hydrogen (secondary N) is 2. The number of ether oxygens (including phenoxy) is 1. The highest BCUT2D eigenvalue weighted by Gasteiger charge is 2.16. The van der Waals surface area contributed by atoms with Crippen LogP contribution in [0.3, 0.4) is 0 Å². The van der Waals surface area contributed by atoms with Crippen LogP contribution < -0.4 is 16.3 Å². The van der Waals surface area contributed by atoms with Crippen molar-refractivity contribution < 1.29 is 9.53 Å². The fourth-order valence-electron chi connectivity index (χ4n) is 3.42. The summed E-state index contributed by atoms with van der Waals surface area (Å²) in [5.41, 5.74) is -0.0211. The minimum atomic E-state index is -0.150. The summed E-state index contributed by atoms with van der Waals surface area (Å²) in [6.45, 7) is 7.05. The van der Waals surface area contributed by atoms with E-state index in [1.807, 2.05) is 0 Å². The van der Waals surface area contributed by atoms with Crippen LogP contribution in [0.15, 0.2) is 4.79 Å². The lowest BCUT2D eigenvalue weighted by molar-refractivity contribution is 0.0375. The summed E-state index contributed by atoms with van der Waals surface area (Å²) in [5, 5.41) is 10.1. The Bertz CT molecular complexity index is 635. The van der Waals surface area contributed by atoms with Gasteiger partial charge in [0.15, 0.2) is 0 Å². The Hall–Kier alpha value is -1.87. The van der Waals surface area contributed by atoms with Gasteiger partial charge in [-0.25, -0.2) is 14.3 Å². The molecule has 9 heteroatoms. The second kappa shape index (κ2) is 9.72. The molecule has 1 fully saturated rings. The summed E-state index contributed by atoms with van der Waals surface area (Å²) in [4.78, 5) is 26.3. The van der Waals surface area contributed by atoms with E-state index in [-0.39, 0.29) is 11.7 Å². The zero-order chi connectivity index (χ0) is 18.2. The molecule has 1 aromatic rings. The van der Waals surface area contributed by atoms with E-state index in [9.17, 15) is 9.59 Å². The fraction of sp³-hybridized carbons (Fsp3) is 0.824. The summed E-state index contributed by atoms with van der Waals surface area (Å²) >= 11 is 0. The molecular weight excluding hydrogens is 336 g/mol. The molecule has 2 aliphatic rings. The molecule has 146 valence electrons. The standard InChI is InChI=1S/C17H30N6O3/c24-16(18-6-3-8-21-11-13-26-14-12-21)19-7-4-10-23-17(25)22-9-2-1-5-15(22)20-23/h1-14H2,(H2,18,19,24). The SMILES string of the molecule is O=C(NCCCN1CCOCC1)NCCCn1nc2n(c1=O)CCCC2. The van der Waals surface area contributed by atoms with Crippen LogP contribution in [-0.4, -0.2) is 71.2 Å². The number of nitrogens with zero attached hydrogens (tertiary/aromatic N) is 4. The first-order valence-electron chi connectivity index (χ1n) is 9.72. The Morgan fingerprint density at radius 1 is 1.04 bits per heavy atom. The van der Waals surface area contributed by atoms with Crippen molar-refractivity contribution in [2.24, 2.45) is 0 Å². The predicted molar refractivity (Wildman–Crippen MR) is 97.3 cm³/mol. The van der Waals surface area contributed by atoms with Gasteiger partial charge in [-0.3, -0.25) is 9.47 Å². The van der Waals surface area contributed by atoms with Gasteiger partial charge in [-0.2, -0.15) is 5.10 Å². The van der Waals surface area contributed by atoms with Crippen LogP contribution in [0.4, 0.5) is 4.79 Å². The van der Waals surface area contributed by atoms with E-state index in [4.69, 9.17) is 4.74 Å². The van der Waals surface area contributed by atoms with Gasteiger partial charge in [0.2, 0.25) is 0 Å². The maximum Gasteiger partial charge on any atom is 0.345 e. The molecule has 3 heterocycles. The molecule has 0 aromatic carbocycles. The molecular formula is C17H30N6O3. The van der Waals surface area contributed by atoms with Crippen LogP contribution in [-0.2, 0) is 24.2 Å². The van der Waals surface area contributed by atoms with Crippen molar-refractivity contribution in [2.45, 2.75) is 45.2 Å². The second-order valence-electron chi connectivity index (χ2n) is 6.87. The maximum atomic E-state index is 12.2. The molecule has 0 atom stereocenters. The van der Waals surface area contributed by atoms with Crippen LogP contribution in [0.1, 0.15) is 31.5 Å². The van der Waals surface area contributed by atoms with E-state index in [0.717, 1.165) is 70.9 Å². The highest BCUT2D eigenvalue weighted by molar-refractivity contribution is 5.73. The molecule has 0 unspecified atom stereocenters. The number of morpholine rings is 1. The van der Waals surface area contributed by atoms with Gasteiger partial charge in [-0.1, -0.05) is 0 Å². The number of carbonyl (C=O) groups excluding carboxylic acids is 1. The Labute approximate surface area is 153 Å². The van der Waals surface area contributed by atoms with E-state index in [0.29, 0.717) is 26.1 Å². The minimum absolute atomic E-state index is 0.0211. The van der Waals surface area contributed by atoms with Gasteiger partial charge >= 0.3 is 11.7 Å². The number of urea groups is 1. The monoisotopic (exact) mass is 366 g/mol. The third kappa shape index (κ3) is 5.31. The van der Waals surface area contributed by atoms with Crippen molar-refractivity contribution in [3.63, 3.8) is 0 Å².